The van der Waals surface area contributed by atoms with Crippen molar-refractivity contribution in [2.75, 3.05) is 5.73 Å². The lowest BCUT2D eigenvalue weighted by molar-refractivity contribution is 0.972. The Labute approximate surface area is 85.9 Å². The molecule has 0 unspecified atom stereocenters. The summed E-state index contributed by atoms with van der Waals surface area (Å²) in [6.45, 7) is 2.04. The molecule has 0 saturated heterocycles. The number of hydrogen-bond acceptors (Lipinski definition) is 4. The van der Waals surface area contributed by atoms with Crippen molar-refractivity contribution >= 4 is 17.4 Å². The molecule has 4 nitrogen and oxygen atoms in total. The lowest BCUT2D eigenvalue weighted by Gasteiger charge is -2.03. The van der Waals surface area contributed by atoms with E-state index in [1.807, 2.05) is 25.1 Å². The van der Waals surface area contributed by atoms with Gasteiger partial charge in [0.2, 0.25) is 0 Å². The van der Waals surface area contributed by atoms with E-state index in [9.17, 15) is 0 Å². The quantitative estimate of drug-likeness (QED) is 0.736. The van der Waals surface area contributed by atoms with Gasteiger partial charge in [-0.05, 0) is 36.4 Å². The highest BCUT2D eigenvalue weighted by molar-refractivity contribution is 7.99. The highest BCUT2D eigenvalue weighted by Gasteiger charge is 2.03. The molecule has 0 atom stereocenters. The van der Waals surface area contributed by atoms with Gasteiger partial charge >= 0.3 is 0 Å². The summed E-state index contributed by atoms with van der Waals surface area (Å²) in [4.78, 5) is 5.14. The molecule has 0 saturated carbocycles. The van der Waals surface area contributed by atoms with Crippen LogP contribution >= 0.6 is 11.8 Å². The van der Waals surface area contributed by atoms with Gasteiger partial charge in [0.05, 0.1) is 0 Å². The molecular formula is C9H10N4S. The lowest BCUT2D eigenvalue weighted by atomic mass is 10.2. The number of benzene rings is 1. The Morgan fingerprint density at radius 3 is 3.00 bits per heavy atom. The summed E-state index contributed by atoms with van der Waals surface area (Å²) in [5.41, 5.74) is 7.64. The first-order valence-corrected chi connectivity index (χ1v) is 4.97. The van der Waals surface area contributed by atoms with Crippen LogP contribution in [0.2, 0.25) is 0 Å². The van der Waals surface area contributed by atoms with E-state index in [2.05, 4.69) is 15.2 Å². The van der Waals surface area contributed by atoms with E-state index in [0.29, 0.717) is 0 Å². The van der Waals surface area contributed by atoms with Gasteiger partial charge in [0.15, 0.2) is 5.16 Å². The Morgan fingerprint density at radius 1 is 1.43 bits per heavy atom. The second-order valence-corrected chi connectivity index (χ2v) is 3.95. The minimum atomic E-state index is 0.762. The van der Waals surface area contributed by atoms with E-state index in [1.165, 1.54) is 23.7 Å². The Kier molecular flexibility index (Phi) is 2.41. The van der Waals surface area contributed by atoms with Crippen LogP contribution in [0.15, 0.2) is 34.6 Å². The first kappa shape index (κ1) is 9.08. The maximum absolute atomic E-state index is 5.70. The fourth-order valence-corrected chi connectivity index (χ4v) is 1.90. The third-order valence-electron chi connectivity index (χ3n) is 1.81. The molecule has 5 heteroatoms. The maximum Gasteiger partial charge on any atom is 0.188 e. The molecule has 0 fully saturated rings. The second-order valence-electron chi connectivity index (χ2n) is 2.92. The van der Waals surface area contributed by atoms with E-state index in [1.54, 1.807) is 0 Å². The molecule has 72 valence electrons. The molecule has 0 amide bonds. The highest BCUT2D eigenvalue weighted by atomic mass is 32.2. The number of nitrogens with two attached hydrogens (primary N) is 1. The third-order valence-corrected chi connectivity index (χ3v) is 2.86. The lowest BCUT2D eigenvalue weighted by Crippen LogP contribution is -1.87. The number of aryl methyl sites for hydroxylation is 1. The molecule has 0 aliphatic rings. The Bertz CT molecular complexity index is 424. The van der Waals surface area contributed by atoms with Crippen molar-refractivity contribution in [1.29, 1.82) is 0 Å². The molecule has 0 radical (unpaired) electrons. The van der Waals surface area contributed by atoms with Gasteiger partial charge in [-0.2, -0.15) is 5.10 Å². The van der Waals surface area contributed by atoms with Crippen LogP contribution < -0.4 is 5.73 Å². The normalized spacial score (nSPS) is 10.4. The van der Waals surface area contributed by atoms with Crippen LogP contribution in [0.5, 0.6) is 0 Å². The van der Waals surface area contributed by atoms with Gasteiger partial charge in [0, 0.05) is 10.6 Å². The number of nitrogens with one attached hydrogen (secondary N) is 1. The highest BCUT2D eigenvalue weighted by Crippen LogP contribution is 2.28. The van der Waals surface area contributed by atoms with Crippen LogP contribution in [0.4, 0.5) is 5.69 Å². The number of rotatable bonds is 2. The van der Waals surface area contributed by atoms with Crippen LogP contribution in [0.25, 0.3) is 0 Å². The SMILES string of the molecule is Cc1ccc(N)cc1Sc1ncn[nH]1. The first-order chi connectivity index (χ1) is 6.75. The third kappa shape index (κ3) is 1.88. The van der Waals surface area contributed by atoms with E-state index in [0.717, 1.165) is 15.7 Å². The average molecular weight is 206 g/mol. The van der Waals surface area contributed by atoms with Gasteiger partial charge in [0.25, 0.3) is 0 Å². The molecule has 1 heterocycles. The van der Waals surface area contributed by atoms with Gasteiger partial charge in [-0.1, -0.05) is 6.07 Å². The van der Waals surface area contributed by atoms with Crippen molar-refractivity contribution in [2.24, 2.45) is 0 Å². The molecule has 3 N–H and O–H groups in total. The minimum Gasteiger partial charge on any atom is -0.399 e. The number of aromatic nitrogens is 3. The standard InChI is InChI=1S/C9H10N4S/c1-6-2-3-7(10)4-8(6)14-9-11-5-12-13-9/h2-5H,10H2,1H3,(H,11,12,13). The zero-order valence-electron chi connectivity index (χ0n) is 7.69. The van der Waals surface area contributed by atoms with Crippen molar-refractivity contribution in [3.63, 3.8) is 0 Å². The summed E-state index contributed by atoms with van der Waals surface area (Å²) in [6.07, 6.45) is 1.49. The largest absolute Gasteiger partial charge is 0.399 e. The zero-order chi connectivity index (χ0) is 9.97. The summed E-state index contributed by atoms with van der Waals surface area (Å²) in [5, 5.41) is 7.35. The topological polar surface area (TPSA) is 67.6 Å². The fourth-order valence-electron chi connectivity index (χ4n) is 1.07. The number of H-pyrrole nitrogens is 1. The average Bonchev–Trinajstić information content (AvgIpc) is 2.64. The predicted octanol–water partition coefficient (Wildman–Crippen LogP) is 1.85. The molecule has 1 aromatic heterocycles. The monoisotopic (exact) mass is 206 g/mol. The molecule has 2 aromatic rings. The molecule has 14 heavy (non-hydrogen) atoms. The van der Waals surface area contributed by atoms with Gasteiger partial charge in [-0.3, -0.25) is 5.10 Å². The Morgan fingerprint density at radius 2 is 2.29 bits per heavy atom. The zero-order valence-corrected chi connectivity index (χ0v) is 8.51. The van der Waals surface area contributed by atoms with Crippen molar-refractivity contribution in [3.05, 3.63) is 30.1 Å². The molecule has 0 aliphatic carbocycles. The summed E-state index contributed by atoms with van der Waals surface area (Å²) in [7, 11) is 0. The maximum atomic E-state index is 5.70. The van der Waals surface area contributed by atoms with Crippen molar-refractivity contribution in [3.8, 4) is 0 Å². The number of anilines is 1. The molecule has 0 spiro atoms. The Hall–Kier alpha value is -1.49. The number of nitrogens with zero attached hydrogens (tertiary/aromatic N) is 2. The Balaban J connectivity index is 2.28. The first-order valence-electron chi connectivity index (χ1n) is 4.15. The minimum absolute atomic E-state index is 0.762. The second kappa shape index (κ2) is 3.71. The van der Waals surface area contributed by atoms with Crippen LogP contribution in [-0.2, 0) is 0 Å². The van der Waals surface area contributed by atoms with Crippen LogP contribution in [0.3, 0.4) is 0 Å². The van der Waals surface area contributed by atoms with E-state index in [-0.39, 0.29) is 0 Å². The predicted molar refractivity (Wildman–Crippen MR) is 56.1 cm³/mol. The summed E-state index contributed by atoms with van der Waals surface area (Å²) >= 11 is 1.53. The van der Waals surface area contributed by atoms with E-state index < -0.39 is 0 Å². The van der Waals surface area contributed by atoms with Crippen LogP contribution in [0.1, 0.15) is 5.56 Å². The van der Waals surface area contributed by atoms with Crippen LogP contribution in [0, 0.1) is 6.92 Å². The fraction of sp³-hybridized carbons (Fsp3) is 0.111. The molecular weight excluding hydrogens is 196 g/mol. The number of hydrogen-bond donors (Lipinski definition) is 2. The molecule has 0 bridgehead atoms. The molecule has 0 aliphatic heterocycles. The van der Waals surface area contributed by atoms with Gasteiger partial charge < -0.3 is 5.73 Å². The smallest absolute Gasteiger partial charge is 0.188 e. The van der Waals surface area contributed by atoms with Crippen LogP contribution in [-0.4, -0.2) is 15.2 Å². The van der Waals surface area contributed by atoms with E-state index >= 15 is 0 Å². The number of aromatic amines is 1. The number of nitrogen functional groups attached to an aromatic ring is 1. The van der Waals surface area contributed by atoms with Crippen molar-refractivity contribution in [1.82, 2.24) is 15.2 Å². The van der Waals surface area contributed by atoms with E-state index in [4.69, 9.17) is 5.73 Å². The summed E-state index contributed by atoms with van der Waals surface area (Å²) < 4.78 is 0. The van der Waals surface area contributed by atoms with Gasteiger partial charge in [-0.15, -0.1) is 0 Å². The van der Waals surface area contributed by atoms with Crippen molar-refractivity contribution < 1.29 is 0 Å². The van der Waals surface area contributed by atoms with Gasteiger partial charge in [0.1, 0.15) is 6.33 Å². The van der Waals surface area contributed by atoms with Crippen molar-refractivity contribution in [2.45, 2.75) is 17.0 Å². The summed E-state index contributed by atoms with van der Waals surface area (Å²) in [6, 6.07) is 5.82. The molecule has 1 aromatic carbocycles. The molecule has 2 rings (SSSR count). The summed E-state index contributed by atoms with van der Waals surface area (Å²) in [5.74, 6) is 0. The van der Waals surface area contributed by atoms with Gasteiger partial charge in [-0.25, -0.2) is 4.98 Å².